The smallest absolute Gasteiger partial charge is 0.255 e. The minimum absolute atomic E-state index is 0.199. The fourth-order valence-corrected chi connectivity index (χ4v) is 3.49. The van der Waals surface area contributed by atoms with E-state index in [0.29, 0.717) is 11.3 Å². The first-order valence-corrected chi connectivity index (χ1v) is 10.0. The number of fused-ring (bicyclic) bond motifs is 1. The molecule has 0 radical (unpaired) electrons. The monoisotopic (exact) mass is 415 g/mol. The van der Waals surface area contributed by atoms with Crippen LogP contribution in [0.5, 0.6) is 17.2 Å². The van der Waals surface area contributed by atoms with Gasteiger partial charge in [0.2, 0.25) is 0 Å². The van der Waals surface area contributed by atoms with E-state index in [1.807, 2.05) is 86.7 Å². The van der Waals surface area contributed by atoms with E-state index >= 15 is 0 Å². The first-order chi connectivity index (χ1) is 14.9. The zero-order valence-corrected chi connectivity index (χ0v) is 18.1. The maximum absolute atomic E-state index is 13.1. The molecule has 31 heavy (non-hydrogen) atoms. The summed E-state index contributed by atoms with van der Waals surface area (Å²) in [4.78, 5) is 13.1. The summed E-state index contributed by atoms with van der Waals surface area (Å²) in [5.41, 5.74) is 3.42. The molecule has 0 atom stereocenters. The lowest BCUT2D eigenvalue weighted by Gasteiger charge is -2.30. The fourth-order valence-electron chi connectivity index (χ4n) is 3.49. The van der Waals surface area contributed by atoms with Crippen LogP contribution in [0.3, 0.4) is 0 Å². The topological polar surface area (TPSA) is 56.8 Å². The van der Waals surface area contributed by atoms with E-state index in [4.69, 9.17) is 14.2 Å². The van der Waals surface area contributed by atoms with Gasteiger partial charge in [-0.25, -0.2) is 0 Å². The average molecular weight is 415 g/mol. The molecule has 158 valence electrons. The number of nitrogens with one attached hydrogen (secondary N) is 1. The van der Waals surface area contributed by atoms with Crippen molar-refractivity contribution in [3.8, 4) is 28.4 Å². The molecule has 1 amide bonds. The van der Waals surface area contributed by atoms with Crippen LogP contribution in [0.15, 0.2) is 66.7 Å². The molecule has 0 aliphatic carbocycles. The zero-order chi connectivity index (χ0) is 22.0. The second-order valence-electron chi connectivity index (χ2n) is 7.90. The van der Waals surface area contributed by atoms with E-state index < -0.39 is 5.60 Å². The van der Waals surface area contributed by atoms with Crippen molar-refractivity contribution in [3.05, 3.63) is 77.9 Å². The molecule has 0 aromatic heterocycles. The van der Waals surface area contributed by atoms with E-state index in [1.54, 1.807) is 14.2 Å². The number of hydrogen-bond acceptors (Lipinski definition) is 4. The van der Waals surface area contributed by atoms with Crippen molar-refractivity contribution in [2.24, 2.45) is 0 Å². The molecule has 5 heteroatoms. The lowest BCUT2D eigenvalue weighted by atomic mass is 9.93. The number of carbonyl (C=O) groups is 1. The second kappa shape index (κ2) is 8.19. The van der Waals surface area contributed by atoms with Gasteiger partial charge in [-0.3, -0.25) is 4.79 Å². The highest BCUT2D eigenvalue weighted by Crippen LogP contribution is 2.41. The Balaban J connectivity index is 1.76. The van der Waals surface area contributed by atoms with Crippen LogP contribution < -0.4 is 19.5 Å². The molecule has 5 nitrogen and oxygen atoms in total. The van der Waals surface area contributed by atoms with Gasteiger partial charge < -0.3 is 19.5 Å². The zero-order valence-electron chi connectivity index (χ0n) is 18.1. The summed E-state index contributed by atoms with van der Waals surface area (Å²) in [6, 6.07) is 18.7. The summed E-state index contributed by atoms with van der Waals surface area (Å²) in [6.07, 6.45) is 4.00. The Bertz CT molecular complexity index is 1150. The predicted molar refractivity (Wildman–Crippen MR) is 123 cm³/mol. The van der Waals surface area contributed by atoms with Crippen molar-refractivity contribution in [2.45, 2.75) is 19.4 Å². The van der Waals surface area contributed by atoms with Gasteiger partial charge in [-0.15, -0.1) is 0 Å². The molecule has 3 aromatic carbocycles. The van der Waals surface area contributed by atoms with Crippen molar-refractivity contribution >= 4 is 17.7 Å². The molecule has 0 fully saturated rings. The molecule has 4 rings (SSSR count). The van der Waals surface area contributed by atoms with Gasteiger partial charge in [-0.05, 0) is 74.0 Å². The van der Waals surface area contributed by atoms with Gasteiger partial charge in [0, 0.05) is 22.4 Å². The van der Waals surface area contributed by atoms with Gasteiger partial charge in [0.1, 0.15) is 22.8 Å². The normalized spacial score (nSPS) is 13.7. The van der Waals surface area contributed by atoms with Crippen LogP contribution in [0.2, 0.25) is 0 Å². The van der Waals surface area contributed by atoms with Crippen molar-refractivity contribution in [3.63, 3.8) is 0 Å². The highest BCUT2D eigenvalue weighted by atomic mass is 16.5. The van der Waals surface area contributed by atoms with E-state index in [1.165, 1.54) is 0 Å². The minimum Gasteiger partial charge on any atom is -0.497 e. The molecule has 0 spiro atoms. The van der Waals surface area contributed by atoms with E-state index in [9.17, 15) is 4.79 Å². The van der Waals surface area contributed by atoms with Gasteiger partial charge in [0.25, 0.3) is 5.91 Å². The minimum atomic E-state index is -0.437. The second-order valence-corrected chi connectivity index (χ2v) is 7.90. The van der Waals surface area contributed by atoms with Crippen LogP contribution >= 0.6 is 0 Å². The average Bonchev–Trinajstić information content (AvgIpc) is 2.78. The number of amides is 1. The summed E-state index contributed by atoms with van der Waals surface area (Å²) < 4.78 is 16.9. The fraction of sp³-hybridized carbons (Fsp3) is 0.192. The number of hydrogen-bond donors (Lipinski definition) is 1. The van der Waals surface area contributed by atoms with Gasteiger partial charge in [-0.2, -0.15) is 0 Å². The molecular formula is C26H25NO4. The van der Waals surface area contributed by atoms with Gasteiger partial charge >= 0.3 is 0 Å². The number of ether oxygens (including phenoxy) is 3. The number of benzene rings is 3. The summed E-state index contributed by atoms with van der Waals surface area (Å²) >= 11 is 0. The van der Waals surface area contributed by atoms with Gasteiger partial charge in [-0.1, -0.05) is 18.2 Å². The molecule has 0 unspecified atom stereocenters. The predicted octanol–water partition coefficient (Wildman–Crippen LogP) is 5.81. The third-order valence-corrected chi connectivity index (χ3v) is 5.14. The van der Waals surface area contributed by atoms with Gasteiger partial charge in [0.05, 0.1) is 14.2 Å². The third-order valence-electron chi connectivity index (χ3n) is 5.14. The SMILES string of the molecule is COc1ccc(NC(=O)c2cc3c(c(-c4cccc(OC)c4)c2)OC(C)(C)C=C3)cc1. The van der Waals surface area contributed by atoms with E-state index in [-0.39, 0.29) is 5.91 Å². The third kappa shape index (κ3) is 4.40. The van der Waals surface area contributed by atoms with Crippen LogP contribution in [-0.4, -0.2) is 25.7 Å². The van der Waals surface area contributed by atoms with Crippen molar-refractivity contribution < 1.29 is 19.0 Å². The quantitative estimate of drug-likeness (QED) is 0.572. The molecule has 0 bridgehead atoms. The Morgan fingerprint density at radius 3 is 2.39 bits per heavy atom. The molecule has 1 aliphatic rings. The summed E-state index contributed by atoms with van der Waals surface area (Å²) in [7, 11) is 3.24. The van der Waals surface area contributed by atoms with E-state index in [2.05, 4.69) is 5.32 Å². The maximum Gasteiger partial charge on any atom is 0.255 e. The summed E-state index contributed by atoms with van der Waals surface area (Å²) in [5.74, 6) is 2.03. The lowest BCUT2D eigenvalue weighted by Crippen LogP contribution is -2.28. The molecule has 1 aliphatic heterocycles. The van der Waals surface area contributed by atoms with Crippen LogP contribution in [0.4, 0.5) is 5.69 Å². The number of carbonyl (C=O) groups excluding carboxylic acids is 1. The Morgan fingerprint density at radius 1 is 0.935 bits per heavy atom. The van der Waals surface area contributed by atoms with Crippen LogP contribution in [0, 0.1) is 0 Å². The molecule has 3 aromatic rings. The first kappa shape index (κ1) is 20.5. The molecular weight excluding hydrogens is 390 g/mol. The number of methoxy groups -OCH3 is 2. The highest BCUT2D eigenvalue weighted by molar-refractivity contribution is 6.06. The molecule has 1 N–H and O–H groups in total. The largest absolute Gasteiger partial charge is 0.497 e. The Labute approximate surface area is 182 Å². The Kier molecular flexibility index (Phi) is 5.42. The standard InChI is InChI=1S/C26H25NO4/c1-26(2)13-12-18-14-19(25(28)27-20-8-10-21(29-3)11-9-20)16-23(24(18)31-26)17-6-5-7-22(15-17)30-4/h5-16H,1-4H3,(H,27,28). The Morgan fingerprint density at radius 2 is 1.68 bits per heavy atom. The molecule has 1 heterocycles. The van der Waals surface area contributed by atoms with Crippen molar-refractivity contribution in [1.29, 1.82) is 0 Å². The molecule has 0 saturated heterocycles. The molecule has 0 saturated carbocycles. The van der Waals surface area contributed by atoms with Gasteiger partial charge in [0.15, 0.2) is 0 Å². The number of rotatable bonds is 5. The van der Waals surface area contributed by atoms with Crippen LogP contribution in [0.1, 0.15) is 29.8 Å². The van der Waals surface area contributed by atoms with Crippen LogP contribution in [0.25, 0.3) is 17.2 Å². The maximum atomic E-state index is 13.1. The summed E-state index contributed by atoms with van der Waals surface area (Å²) in [5, 5.41) is 2.95. The van der Waals surface area contributed by atoms with E-state index in [0.717, 1.165) is 33.9 Å². The summed E-state index contributed by atoms with van der Waals surface area (Å²) in [6.45, 7) is 4.01. The van der Waals surface area contributed by atoms with Crippen molar-refractivity contribution in [1.82, 2.24) is 0 Å². The lowest BCUT2D eigenvalue weighted by molar-refractivity contribution is 0.102. The highest BCUT2D eigenvalue weighted by Gasteiger charge is 2.26. The van der Waals surface area contributed by atoms with Crippen molar-refractivity contribution in [2.75, 3.05) is 19.5 Å². The van der Waals surface area contributed by atoms with Crippen LogP contribution in [-0.2, 0) is 0 Å². The Hall–Kier alpha value is -3.73. The first-order valence-electron chi connectivity index (χ1n) is 10.0. The number of anilines is 1.